The number of rotatable bonds is 7. The van der Waals surface area contributed by atoms with E-state index in [4.69, 9.17) is 9.84 Å². The Morgan fingerprint density at radius 1 is 1.09 bits per heavy atom. The fourth-order valence-electron chi connectivity index (χ4n) is 1.87. The molecule has 0 aromatic heterocycles. The maximum atomic E-state index is 10.1. The van der Waals surface area contributed by atoms with Gasteiger partial charge in [-0.05, 0) is 40.2 Å². The van der Waals surface area contributed by atoms with E-state index in [1.165, 1.54) is 0 Å². The predicted molar refractivity (Wildman–Crippen MR) is 85.5 cm³/mol. The number of carbonyl (C=O) groups excluding carboxylic acids is 1. The molecule has 0 bridgehead atoms. The Labute approximate surface area is 132 Å². The van der Waals surface area contributed by atoms with Gasteiger partial charge in [0.25, 0.3) is 6.47 Å². The highest BCUT2D eigenvalue weighted by Crippen LogP contribution is 2.20. The smallest absolute Gasteiger partial charge is 0.295 e. The molecule has 22 heavy (non-hydrogen) atoms. The monoisotopic (exact) mass is 312 g/mol. The molecule has 0 spiro atoms. The van der Waals surface area contributed by atoms with Gasteiger partial charge in [0.2, 0.25) is 6.29 Å². The van der Waals surface area contributed by atoms with E-state index in [0.717, 1.165) is 11.1 Å². The second kappa shape index (κ2) is 11.2. The average Bonchev–Trinajstić information content (AvgIpc) is 2.41. The molecule has 0 amide bonds. The summed E-state index contributed by atoms with van der Waals surface area (Å²) >= 11 is 0. The molecule has 0 saturated carbocycles. The van der Waals surface area contributed by atoms with Gasteiger partial charge in [0, 0.05) is 0 Å². The maximum absolute atomic E-state index is 10.1. The van der Waals surface area contributed by atoms with E-state index in [9.17, 15) is 9.90 Å². The van der Waals surface area contributed by atoms with Crippen molar-refractivity contribution in [2.24, 2.45) is 0 Å². The van der Waals surface area contributed by atoms with Crippen LogP contribution in [0.5, 0.6) is 0 Å². The summed E-state index contributed by atoms with van der Waals surface area (Å²) in [6.07, 6.45) is -0.560. The van der Waals surface area contributed by atoms with Gasteiger partial charge in [-0.15, -0.1) is 0 Å². The average molecular weight is 312 g/mol. The van der Waals surface area contributed by atoms with Crippen LogP contribution >= 0.6 is 0 Å². The first kappa shape index (κ1) is 20.6. The van der Waals surface area contributed by atoms with Gasteiger partial charge in [0.1, 0.15) is 0 Å². The van der Waals surface area contributed by atoms with Crippen molar-refractivity contribution >= 4 is 6.47 Å². The van der Waals surface area contributed by atoms with Gasteiger partial charge in [-0.25, -0.2) is 0 Å². The molecule has 0 heterocycles. The van der Waals surface area contributed by atoms with Gasteiger partial charge in [-0.3, -0.25) is 4.79 Å². The molecular formula is C17H28O5. The van der Waals surface area contributed by atoms with E-state index >= 15 is 0 Å². The van der Waals surface area contributed by atoms with Crippen LogP contribution in [0.25, 0.3) is 0 Å². The number of hydrogen-bond acceptors (Lipinski definition) is 5. The molecule has 0 aliphatic rings. The van der Waals surface area contributed by atoms with Gasteiger partial charge in [0.15, 0.2) is 0 Å². The molecular weight excluding hydrogens is 284 g/mol. The van der Waals surface area contributed by atoms with E-state index in [-0.39, 0.29) is 13.1 Å². The van der Waals surface area contributed by atoms with Gasteiger partial charge in [0.05, 0.1) is 24.7 Å². The maximum Gasteiger partial charge on any atom is 0.295 e. The van der Waals surface area contributed by atoms with Crippen LogP contribution in [0.4, 0.5) is 0 Å². The lowest BCUT2D eigenvalue weighted by Crippen LogP contribution is -2.24. The number of benzene rings is 1. The molecule has 0 radical (unpaired) electrons. The summed E-state index contributed by atoms with van der Waals surface area (Å²) in [7, 11) is 0. The largest absolute Gasteiger partial charge is 0.437 e. The van der Waals surface area contributed by atoms with Crippen molar-refractivity contribution < 1.29 is 24.5 Å². The van der Waals surface area contributed by atoms with Gasteiger partial charge < -0.3 is 19.7 Å². The second-order valence-electron chi connectivity index (χ2n) is 5.56. The van der Waals surface area contributed by atoms with E-state index in [1.54, 1.807) is 12.1 Å². The Balaban J connectivity index is 0.000000534. The molecule has 5 nitrogen and oxygen atoms in total. The molecule has 1 rings (SSSR count). The SMILES string of the molecule is CC(C)OC(C)C.Cc1ccc(C(CO)C(O)OC=O)cc1. The second-order valence-corrected chi connectivity index (χ2v) is 5.56. The quantitative estimate of drug-likeness (QED) is 0.597. The lowest BCUT2D eigenvalue weighted by molar-refractivity contribution is -0.157. The molecule has 2 atom stereocenters. The van der Waals surface area contributed by atoms with Crippen LogP contribution in [0.15, 0.2) is 24.3 Å². The van der Waals surface area contributed by atoms with E-state index in [2.05, 4.69) is 4.74 Å². The molecule has 2 unspecified atom stereocenters. The Kier molecular flexibility index (Phi) is 10.5. The first-order chi connectivity index (χ1) is 10.3. The number of aryl methyl sites for hydroxylation is 1. The third kappa shape index (κ3) is 8.77. The summed E-state index contributed by atoms with van der Waals surface area (Å²) in [5.74, 6) is -0.601. The third-order valence-corrected chi connectivity index (χ3v) is 2.79. The molecule has 0 saturated heterocycles. The Hall–Kier alpha value is -1.43. The molecule has 1 aromatic rings. The van der Waals surface area contributed by atoms with Gasteiger partial charge >= 0.3 is 0 Å². The Morgan fingerprint density at radius 2 is 1.59 bits per heavy atom. The Bertz CT molecular complexity index is 394. The normalized spacial score (nSPS) is 13.3. The van der Waals surface area contributed by atoms with Crippen LogP contribution in [-0.4, -0.2) is 41.8 Å². The zero-order valence-corrected chi connectivity index (χ0v) is 14.0. The molecule has 0 aliphatic carbocycles. The van der Waals surface area contributed by atoms with Crippen LogP contribution < -0.4 is 0 Å². The molecule has 1 aromatic carbocycles. The van der Waals surface area contributed by atoms with Gasteiger partial charge in [-0.2, -0.15) is 0 Å². The predicted octanol–water partition coefficient (Wildman–Crippen LogP) is 2.38. The van der Waals surface area contributed by atoms with Crippen molar-refractivity contribution in [1.29, 1.82) is 0 Å². The number of aliphatic hydroxyl groups excluding tert-OH is 2. The first-order valence-corrected chi connectivity index (χ1v) is 7.41. The molecule has 2 N–H and O–H groups in total. The van der Waals surface area contributed by atoms with Crippen molar-refractivity contribution in [3.8, 4) is 0 Å². The van der Waals surface area contributed by atoms with Crippen LogP contribution in [0.1, 0.15) is 44.7 Å². The summed E-state index contributed by atoms with van der Waals surface area (Å²) in [6, 6.07) is 7.30. The number of ether oxygens (including phenoxy) is 2. The third-order valence-electron chi connectivity index (χ3n) is 2.79. The summed E-state index contributed by atoms with van der Waals surface area (Å²) < 4.78 is 9.64. The highest BCUT2D eigenvalue weighted by molar-refractivity contribution is 5.37. The summed E-state index contributed by atoms with van der Waals surface area (Å²) in [5, 5.41) is 18.5. The van der Waals surface area contributed by atoms with E-state index in [0.29, 0.717) is 12.2 Å². The fraction of sp³-hybridized carbons (Fsp3) is 0.588. The van der Waals surface area contributed by atoms with Crippen LogP contribution in [0, 0.1) is 6.92 Å². The molecule has 126 valence electrons. The summed E-state index contributed by atoms with van der Waals surface area (Å²) in [6.45, 7) is 10.00. The van der Waals surface area contributed by atoms with Crippen molar-refractivity contribution in [2.75, 3.05) is 6.61 Å². The van der Waals surface area contributed by atoms with Crippen molar-refractivity contribution in [1.82, 2.24) is 0 Å². The number of aliphatic hydroxyl groups is 2. The minimum absolute atomic E-state index is 0.168. The highest BCUT2D eigenvalue weighted by atomic mass is 16.6. The standard InChI is InChI=1S/C11H14O4.C6H14O/c1-8-2-4-9(5-3-8)10(6-12)11(14)15-7-13;1-5(2)7-6(3)4/h2-5,7,10-12,14H,6H2,1H3;5-6H,1-4H3. The highest BCUT2D eigenvalue weighted by Gasteiger charge is 2.21. The van der Waals surface area contributed by atoms with E-state index < -0.39 is 12.2 Å². The zero-order valence-electron chi connectivity index (χ0n) is 14.0. The number of carbonyl (C=O) groups is 1. The van der Waals surface area contributed by atoms with E-state index in [1.807, 2.05) is 46.8 Å². The van der Waals surface area contributed by atoms with Crippen molar-refractivity contribution in [2.45, 2.75) is 59.0 Å². The summed E-state index contributed by atoms with van der Waals surface area (Å²) in [5.41, 5.74) is 1.82. The minimum atomic E-state index is -1.31. The molecule has 0 aliphatic heterocycles. The lowest BCUT2D eigenvalue weighted by atomic mass is 9.98. The number of hydrogen-bond donors (Lipinski definition) is 2. The fourth-order valence-corrected chi connectivity index (χ4v) is 1.87. The first-order valence-electron chi connectivity index (χ1n) is 7.41. The van der Waals surface area contributed by atoms with Crippen LogP contribution in [0.3, 0.4) is 0 Å². The Morgan fingerprint density at radius 3 is 1.91 bits per heavy atom. The lowest BCUT2D eigenvalue weighted by Gasteiger charge is -2.19. The van der Waals surface area contributed by atoms with Gasteiger partial charge in [-0.1, -0.05) is 29.8 Å². The minimum Gasteiger partial charge on any atom is -0.437 e. The zero-order chi connectivity index (χ0) is 17.1. The van der Waals surface area contributed by atoms with Crippen LogP contribution in [-0.2, 0) is 14.3 Å². The topological polar surface area (TPSA) is 76.0 Å². The molecule has 5 heteroatoms. The van der Waals surface area contributed by atoms with Crippen molar-refractivity contribution in [3.63, 3.8) is 0 Å². The molecule has 0 fully saturated rings. The van der Waals surface area contributed by atoms with Crippen LogP contribution in [0.2, 0.25) is 0 Å². The van der Waals surface area contributed by atoms with Crippen molar-refractivity contribution in [3.05, 3.63) is 35.4 Å². The summed E-state index contributed by atoms with van der Waals surface area (Å²) in [4.78, 5) is 10.1.